The first-order valence-electron chi connectivity index (χ1n) is 16.7. The molecule has 1 fully saturated rings. The van der Waals surface area contributed by atoms with Crippen molar-refractivity contribution in [1.82, 2.24) is 10.6 Å². The molecule has 0 radical (unpaired) electrons. The predicted molar refractivity (Wildman–Crippen MR) is 180 cm³/mol. The third kappa shape index (κ3) is 7.09. The number of fused-ring (bicyclic) bond motifs is 5. The first-order valence-corrected chi connectivity index (χ1v) is 16.7. The quantitative estimate of drug-likeness (QED) is 0.245. The van der Waals surface area contributed by atoms with Crippen LogP contribution in [0.1, 0.15) is 66.7 Å². The Morgan fingerprint density at radius 3 is 2.17 bits per heavy atom. The standard InChI is InChI=1S/C38H41N5O9/c1-7-20-16(3)24-12-26-18(5)22(9-10-32(45)46)35(42-26)23(11-31(44)41-30(37(49)50)15-33(47)48)36-34(38(51)52)19(6)27(43-36)14-29-21(8-2)17(4)25(40-29)13-28(20)39-24/h7,12-14,18,22,30,42,51-52H,1,8-11,15H2,2-6H3,(H,41,44)(H,45,46)(H,47,48)(H,49,50)/p-5/t18-,22-,30-/m0/s1. The number of nitrogens with zero attached hydrogens (tertiary/aromatic N) is 3. The van der Waals surface area contributed by atoms with E-state index in [9.17, 15) is 44.7 Å². The van der Waals surface area contributed by atoms with E-state index in [0.717, 1.165) is 22.3 Å². The van der Waals surface area contributed by atoms with Crippen molar-refractivity contribution in [2.75, 3.05) is 0 Å². The van der Waals surface area contributed by atoms with Crippen LogP contribution in [-0.4, -0.2) is 47.0 Å². The average molecular weight is 707 g/mol. The lowest BCUT2D eigenvalue weighted by Crippen LogP contribution is -2.50. The lowest BCUT2D eigenvalue weighted by molar-refractivity contribution is -0.514. The van der Waals surface area contributed by atoms with Crippen molar-refractivity contribution in [2.45, 2.75) is 72.8 Å². The minimum Gasteiger partial charge on any atom is -0.883 e. The molecular weight excluding hydrogens is 670 g/mol. The van der Waals surface area contributed by atoms with Gasteiger partial charge in [0.2, 0.25) is 5.91 Å². The second kappa shape index (κ2) is 14.7. The molecule has 5 aliphatic rings. The molecule has 0 aromatic heterocycles. The summed E-state index contributed by atoms with van der Waals surface area (Å²) in [5.74, 6) is -8.65. The lowest BCUT2D eigenvalue weighted by Gasteiger charge is -2.27. The minimum atomic E-state index is -1.96. The number of hydrogen-bond donors (Lipinski definition) is 2. The van der Waals surface area contributed by atoms with Crippen molar-refractivity contribution < 1.29 is 44.7 Å². The van der Waals surface area contributed by atoms with Crippen LogP contribution >= 0.6 is 0 Å². The topological polar surface area (TPSA) is 245 Å². The number of rotatable bonds is 11. The Morgan fingerprint density at radius 1 is 0.904 bits per heavy atom. The molecule has 14 heteroatoms. The van der Waals surface area contributed by atoms with Crippen LogP contribution in [-0.2, 0) is 19.2 Å². The second-order valence-electron chi connectivity index (χ2n) is 13.0. The van der Waals surface area contributed by atoms with Crippen molar-refractivity contribution in [3.8, 4) is 0 Å². The van der Waals surface area contributed by atoms with E-state index in [1.165, 1.54) is 6.92 Å². The van der Waals surface area contributed by atoms with E-state index in [4.69, 9.17) is 15.0 Å². The Labute approximate surface area is 299 Å². The van der Waals surface area contributed by atoms with Crippen LogP contribution in [0.4, 0.5) is 0 Å². The molecule has 1 amide bonds. The van der Waals surface area contributed by atoms with Gasteiger partial charge in [-0.15, -0.1) is 0 Å². The summed E-state index contributed by atoms with van der Waals surface area (Å²) in [4.78, 5) is 62.7. The van der Waals surface area contributed by atoms with Crippen LogP contribution in [0.2, 0.25) is 0 Å². The summed E-state index contributed by atoms with van der Waals surface area (Å²) in [6, 6.07) is -1.96. The maximum absolute atomic E-state index is 13.6. The minimum absolute atomic E-state index is 0.00336. The van der Waals surface area contributed by atoms with Gasteiger partial charge in [0.15, 0.2) is 0 Å². The molecule has 5 rings (SSSR count). The van der Waals surface area contributed by atoms with Gasteiger partial charge in [-0.3, -0.25) is 4.79 Å². The highest BCUT2D eigenvalue weighted by atomic mass is 16.5. The monoisotopic (exact) mass is 706 g/mol. The maximum Gasteiger partial charge on any atom is 0.225 e. The molecule has 0 aromatic rings. The number of carbonyl (C=O) groups excluding carboxylic acids is 4. The van der Waals surface area contributed by atoms with Gasteiger partial charge in [-0.2, -0.15) is 5.95 Å². The van der Waals surface area contributed by atoms with Crippen molar-refractivity contribution in [1.29, 1.82) is 0 Å². The molecule has 5 heterocycles. The van der Waals surface area contributed by atoms with Gasteiger partial charge in [0.25, 0.3) is 0 Å². The van der Waals surface area contributed by atoms with E-state index in [-0.39, 0.29) is 46.7 Å². The first kappa shape index (κ1) is 37.2. The maximum atomic E-state index is 13.6. The summed E-state index contributed by atoms with van der Waals surface area (Å²) in [5, 5.41) is 65.7. The van der Waals surface area contributed by atoms with Crippen molar-refractivity contribution in [3.63, 3.8) is 0 Å². The molecule has 3 atom stereocenters. The molecular formula is C38H36N5O9-5. The van der Waals surface area contributed by atoms with Crippen LogP contribution < -0.4 is 36.2 Å². The number of nitrogens with one attached hydrogen (secondary N) is 2. The molecule has 2 N–H and O–H groups in total. The molecule has 14 nitrogen and oxygen atoms in total. The highest BCUT2D eigenvalue weighted by molar-refractivity contribution is 6.20. The molecule has 1 saturated heterocycles. The van der Waals surface area contributed by atoms with E-state index in [2.05, 4.69) is 17.2 Å². The molecule has 0 saturated carbocycles. The summed E-state index contributed by atoms with van der Waals surface area (Å²) in [7, 11) is 0. The third-order valence-corrected chi connectivity index (χ3v) is 9.86. The zero-order chi connectivity index (χ0) is 38.2. The summed E-state index contributed by atoms with van der Waals surface area (Å²) >= 11 is 0. The predicted octanol–water partition coefficient (Wildman–Crippen LogP) is -1.14. The number of hydrogen-bond acceptors (Lipinski definition) is 13. The number of allylic oxidation sites excluding steroid dienone is 11. The first-order chi connectivity index (χ1) is 24.6. The number of carboxylic acid groups (broad SMARTS) is 3. The zero-order valence-corrected chi connectivity index (χ0v) is 29.3. The molecule has 52 heavy (non-hydrogen) atoms. The molecule has 8 bridgehead atoms. The van der Waals surface area contributed by atoms with Gasteiger partial charge in [-0.1, -0.05) is 26.5 Å². The fourth-order valence-electron chi connectivity index (χ4n) is 7.06. The molecule has 5 aliphatic heterocycles. The van der Waals surface area contributed by atoms with Crippen LogP contribution in [0, 0.1) is 11.8 Å². The van der Waals surface area contributed by atoms with Crippen molar-refractivity contribution in [3.05, 3.63) is 104 Å². The Balaban J connectivity index is 1.82. The number of aliphatic imine (C=N–C) groups is 3. The van der Waals surface area contributed by atoms with Crippen LogP contribution in [0.25, 0.3) is 0 Å². The Kier molecular flexibility index (Phi) is 10.5. The Hall–Kier alpha value is -6.05. The number of carboxylic acids is 3. The van der Waals surface area contributed by atoms with Crippen molar-refractivity contribution in [2.24, 2.45) is 26.8 Å². The molecule has 0 unspecified atom stereocenters. The summed E-state index contributed by atoms with van der Waals surface area (Å²) in [6.07, 6.45) is 5.42. The van der Waals surface area contributed by atoms with E-state index in [1.54, 1.807) is 18.2 Å². The molecule has 272 valence electrons. The molecule has 0 aromatic carbocycles. The summed E-state index contributed by atoms with van der Waals surface area (Å²) in [5.41, 5.74) is 6.49. The normalized spacial score (nSPS) is 21.6. The van der Waals surface area contributed by atoms with E-state index >= 15 is 0 Å². The largest absolute Gasteiger partial charge is 0.883 e. The van der Waals surface area contributed by atoms with E-state index < -0.39 is 60.5 Å². The van der Waals surface area contributed by atoms with Gasteiger partial charge in [0.1, 0.15) is 0 Å². The van der Waals surface area contributed by atoms with Crippen LogP contribution in [0.15, 0.2) is 119 Å². The van der Waals surface area contributed by atoms with Crippen LogP contribution in [0.5, 0.6) is 0 Å². The fourth-order valence-corrected chi connectivity index (χ4v) is 7.06. The van der Waals surface area contributed by atoms with Gasteiger partial charge < -0.3 is 50.5 Å². The summed E-state index contributed by atoms with van der Waals surface area (Å²) in [6.45, 7) is 13.1. The van der Waals surface area contributed by atoms with Crippen LogP contribution in [0.3, 0.4) is 0 Å². The molecule has 0 spiro atoms. The third-order valence-electron chi connectivity index (χ3n) is 9.86. The highest BCUT2D eigenvalue weighted by Gasteiger charge is 2.38. The van der Waals surface area contributed by atoms with Gasteiger partial charge in [0, 0.05) is 52.7 Å². The Morgan fingerprint density at radius 2 is 1.58 bits per heavy atom. The van der Waals surface area contributed by atoms with Gasteiger partial charge in [-0.05, 0) is 86.1 Å². The number of amides is 1. The second-order valence-corrected chi connectivity index (χ2v) is 13.0. The van der Waals surface area contributed by atoms with Gasteiger partial charge in [-0.25, -0.2) is 15.0 Å². The highest BCUT2D eigenvalue weighted by Crippen LogP contribution is 2.43. The smallest absolute Gasteiger partial charge is 0.225 e. The zero-order valence-electron chi connectivity index (χ0n) is 29.3. The van der Waals surface area contributed by atoms with Gasteiger partial charge >= 0.3 is 0 Å². The average Bonchev–Trinajstić information content (AvgIpc) is 3.74. The lowest BCUT2D eigenvalue weighted by atomic mass is 9.84. The SMILES string of the molecule is C=CC1=C(C)C2=NC1=CC1=NC(=CC3=C(C)C(=C([O-])[O-])C(=N3)C(CC(=O)N[C@@H](CC(=O)[O-])C(=O)[O-])=C3NC(=C2)[C@@H](C)[C@@H]3CCC(=O)[O-])C(CC)=C1C. The number of carbonyl (C=O) groups is 4. The van der Waals surface area contributed by atoms with Gasteiger partial charge in [0.05, 0.1) is 52.7 Å². The van der Waals surface area contributed by atoms with Crippen molar-refractivity contribution >= 4 is 41.0 Å². The van der Waals surface area contributed by atoms with E-state index in [1.807, 2.05) is 33.8 Å². The fraction of sp³-hybridized carbons (Fsp3) is 0.342. The molecule has 0 aliphatic carbocycles. The number of aliphatic carboxylic acids is 3. The summed E-state index contributed by atoms with van der Waals surface area (Å²) < 4.78 is 0. The van der Waals surface area contributed by atoms with E-state index in [0.29, 0.717) is 34.9 Å². The Bertz CT molecular complexity index is 2060.